The smallest absolute Gasteiger partial charge is 0.242 e. The maximum Gasteiger partial charge on any atom is 0.242 e. The molecule has 1 unspecified atom stereocenters. The van der Waals surface area contributed by atoms with Gasteiger partial charge in [0.05, 0.1) is 12.6 Å². The lowest BCUT2D eigenvalue weighted by Gasteiger charge is -2.18. The van der Waals surface area contributed by atoms with Gasteiger partial charge >= 0.3 is 0 Å². The van der Waals surface area contributed by atoms with Gasteiger partial charge in [-0.2, -0.15) is 0 Å². The Morgan fingerprint density at radius 2 is 1.95 bits per heavy atom. The third kappa shape index (κ3) is 5.40. The number of benzene rings is 1. The summed E-state index contributed by atoms with van der Waals surface area (Å²) in [7, 11) is 1.72. The Morgan fingerprint density at radius 1 is 1.30 bits per heavy atom. The highest BCUT2D eigenvalue weighted by Gasteiger charge is 2.15. The van der Waals surface area contributed by atoms with E-state index in [9.17, 15) is 9.59 Å². The fourth-order valence-electron chi connectivity index (χ4n) is 1.82. The van der Waals surface area contributed by atoms with E-state index in [1.54, 1.807) is 11.9 Å². The Morgan fingerprint density at radius 3 is 2.55 bits per heavy atom. The normalized spacial score (nSPS) is 11.8. The van der Waals surface area contributed by atoms with E-state index >= 15 is 0 Å². The maximum absolute atomic E-state index is 11.9. The summed E-state index contributed by atoms with van der Waals surface area (Å²) in [5.41, 5.74) is 6.73. The van der Waals surface area contributed by atoms with E-state index in [0.29, 0.717) is 13.0 Å². The maximum atomic E-state index is 11.9. The molecule has 1 rings (SSSR count). The molecule has 0 heterocycles. The van der Waals surface area contributed by atoms with Gasteiger partial charge < -0.3 is 16.0 Å². The molecule has 20 heavy (non-hydrogen) atoms. The lowest BCUT2D eigenvalue weighted by molar-refractivity contribution is -0.132. The standard InChI is InChI=1S/C15H23N3O2/c1-3-7-13(16)15(20)17-10-14(19)18(2)11-12-8-5-4-6-9-12/h4-6,8-9,13H,3,7,10-11,16H2,1-2H3,(H,17,20). The molecule has 2 amide bonds. The van der Waals surface area contributed by atoms with Crippen LogP contribution in [0.4, 0.5) is 0 Å². The van der Waals surface area contributed by atoms with E-state index < -0.39 is 6.04 Å². The second-order valence-electron chi connectivity index (χ2n) is 4.85. The first-order valence-electron chi connectivity index (χ1n) is 6.85. The molecule has 5 nitrogen and oxygen atoms in total. The molecule has 0 radical (unpaired) electrons. The zero-order valence-electron chi connectivity index (χ0n) is 12.1. The van der Waals surface area contributed by atoms with Crippen molar-refractivity contribution in [2.24, 2.45) is 5.73 Å². The predicted octanol–water partition coefficient (Wildman–Crippen LogP) is 0.889. The number of carbonyl (C=O) groups is 2. The number of nitrogens with one attached hydrogen (secondary N) is 1. The van der Waals surface area contributed by atoms with Gasteiger partial charge in [-0.25, -0.2) is 0 Å². The molecular weight excluding hydrogens is 254 g/mol. The lowest BCUT2D eigenvalue weighted by Crippen LogP contribution is -2.45. The van der Waals surface area contributed by atoms with Crippen molar-refractivity contribution in [1.29, 1.82) is 0 Å². The molecule has 0 saturated heterocycles. The predicted molar refractivity (Wildman–Crippen MR) is 78.8 cm³/mol. The van der Waals surface area contributed by atoms with Crippen LogP contribution in [0.2, 0.25) is 0 Å². The summed E-state index contributed by atoms with van der Waals surface area (Å²) < 4.78 is 0. The monoisotopic (exact) mass is 277 g/mol. The third-order valence-electron chi connectivity index (χ3n) is 3.04. The van der Waals surface area contributed by atoms with E-state index in [1.165, 1.54) is 0 Å². The minimum Gasteiger partial charge on any atom is -0.346 e. The molecule has 1 aromatic rings. The first-order valence-corrected chi connectivity index (χ1v) is 6.85. The molecular formula is C15H23N3O2. The Bertz CT molecular complexity index is 434. The number of likely N-dealkylation sites (N-methyl/N-ethyl adjacent to an activating group) is 1. The summed E-state index contributed by atoms with van der Waals surface area (Å²) in [5.74, 6) is -0.404. The number of rotatable bonds is 7. The van der Waals surface area contributed by atoms with Crippen LogP contribution in [0.5, 0.6) is 0 Å². The minimum absolute atomic E-state index is 0.0143. The average Bonchev–Trinajstić information content (AvgIpc) is 2.45. The van der Waals surface area contributed by atoms with Gasteiger partial charge in [0.2, 0.25) is 11.8 Å². The van der Waals surface area contributed by atoms with E-state index in [-0.39, 0.29) is 18.4 Å². The van der Waals surface area contributed by atoms with Crippen molar-refractivity contribution in [3.8, 4) is 0 Å². The van der Waals surface area contributed by atoms with Crippen molar-refractivity contribution >= 4 is 11.8 Å². The van der Waals surface area contributed by atoms with Crippen molar-refractivity contribution in [2.45, 2.75) is 32.4 Å². The van der Waals surface area contributed by atoms with Crippen molar-refractivity contribution < 1.29 is 9.59 Å². The van der Waals surface area contributed by atoms with E-state index in [0.717, 1.165) is 12.0 Å². The van der Waals surface area contributed by atoms with Gasteiger partial charge in [-0.15, -0.1) is 0 Å². The molecule has 0 fully saturated rings. The SMILES string of the molecule is CCCC(N)C(=O)NCC(=O)N(C)Cc1ccccc1. The Hall–Kier alpha value is -1.88. The summed E-state index contributed by atoms with van der Waals surface area (Å²) in [6.45, 7) is 2.47. The summed E-state index contributed by atoms with van der Waals surface area (Å²) in [6.07, 6.45) is 1.47. The van der Waals surface area contributed by atoms with Crippen molar-refractivity contribution in [3.05, 3.63) is 35.9 Å². The van der Waals surface area contributed by atoms with Crippen LogP contribution in [0.25, 0.3) is 0 Å². The Kier molecular flexibility index (Phi) is 6.73. The zero-order chi connectivity index (χ0) is 15.0. The summed E-state index contributed by atoms with van der Waals surface area (Å²) in [5, 5.41) is 2.58. The van der Waals surface area contributed by atoms with E-state index in [1.807, 2.05) is 37.3 Å². The van der Waals surface area contributed by atoms with Crippen LogP contribution in [0.15, 0.2) is 30.3 Å². The van der Waals surface area contributed by atoms with Gasteiger partial charge in [-0.3, -0.25) is 9.59 Å². The third-order valence-corrected chi connectivity index (χ3v) is 3.04. The number of hydrogen-bond donors (Lipinski definition) is 2. The molecule has 0 aliphatic heterocycles. The fourth-order valence-corrected chi connectivity index (χ4v) is 1.82. The highest BCUT2D eigenvalue weighted by Crippen LogP contribution is 2.02. The second kappa shape index (κ2) is 8.32. The fraction of sp³-hybridized carbons (Fsp3) is 0.467. The molecule has 0 spiro atoms. The van der Waals surface area contributed by atoms with E-state index in [2.05, 4.69) is 5.32 Å². The molecule has 3 N–H and O–H groups in total. The first kappa shape index (κ1) is 16.2. The van der Waals surface area contributed by atoms with E-state index in [4.69, 9.17) is 5.73 Å². The number of hydrogen-bond acceptors (Lipinski definition) is 3. The molecule has 0 aliphatic rings. The number of nitrogens with two attached hydrogens (primary N) is 1. The van der Waals surface area contributed by atoms with Crippen LogP contribution in [-0.2, 0) is 16.1 Å². The van der Waals surface area contributed by atoms with Crippen LogP contribution in [0.1, 0.15) is 25.3 Å². The van der Waals surface area contributed by atoms with Crippen LogP contribution in [0, 0.1) is 0 Å². The zero-order valence-corrected chi connectivity index (χ0v) is 12.1. The highest BCUT2D eigenvalue weighted by molar-refractivity contribution is 5.87. The largest absolute Gasteiger partial charge is 0.346 e. The molecule has 1 aromatic carbocycles. The Labute approximate surface area is 120 Å². The summed E-state index contributed by atoms with van der Waals surface area (Å²) in [4.78, 5) is 25.1. The highest BCUT2D eigenvalue weighted by atomic mass is 16.2. The quantitative estimate of drug-likeness (QED) is 0.777. The Balaban J connectivity index is 2.37. The van der Waals surface area contributed by atoms with Crippen LogP contribution in [0.3, 0.4) is 0 Å². The summed E-state index contributed by atoms with van der Waals surface area (Å²) in [6, 6.07) is 9.17. The van der Waals surface area contributed by atoms with Crippen molar-refractivity contribution in [2.75, 3.05) is 13.6 Å². The molecule has 0 aliphatic carbocycles. The van der Waals surface area contributed by atoms with Gasteiger partial charge in [0.25, 0.3) is 0 Å². The average molecular weight is 277 g/mol. The lowest BCUT2D eigenvalue weighted by atomic mass is 10.2. The molecule has 0 bridgehead atoms. The first-order chi connectivity index (χ1) is 9.54. The van der Waals surface area contributed by atoms with Gasteiger partial charge in [-0.05, 0) is 12.0 Å². The number of amides is 2. The number of nitrogens with zero attached hydrogens (tertiary/aromatic N) is 1. The molecule has 0 aromatic heterocycles. The van der Waals surface area contributed by atoms with Crippen LogP contribution < -0.4 is 11.1 Å². The topological polar surface area (TPSA) is 75.4 Å². The van der Waals surface area contributed by atoms with Crippen molar-refractivity contribution in [1.82, 2.24) is 10.2 Å². The second-order valence-corrected chi connectivity index (χ2v) is 4.85. The minimum atomic E-state index is -0.535. The van der Waals surface area contributed by atoms with Crippen LogP contribution >= 0.6 is 0 Å². The van der Waals surface area contributed by atoms with Gasteiger partial charge in [-0.1, -0.05) is 43.7 Å². The molecule has 110 valence electrons. The molecule has 5 heteroatoms. The summed E-state index contributed by atoms with van der Waals surface area (Å²) >= 11 is 0. The molecule has 0 saturated carbocycles. The molecule has 1 atom stereocenters. The van der Waals surface area contributed by atoms with Gasteiger partial charge in [0.1, 0.15) is 0 Å². The van der Waals surface area contributed by atoms with Crippen LogP contribution in [-0.4, -0.2) is 36.3 Å². The van der Waals surface area contributed by atoms with Gasteiger partial charge in [0, 0.05) is 13.6 Å². The van der Waals surface area contributed by atoms with Gasteiger partial charge in [0.15, 0.2) is 0 Å². The number of carbonyl (C=O) groups excluding carboxylic acids is 2. The van der Waals surface area contributed by atoms with Crippen molar-refractivity contribution in [3.63, 3.8) is 0 Å².